The van der Waals surface area contributed by atoms with E-state index in [0.29, 0.717) is 0 Å². The number of guanidine groups is 1. The van der Waals surface area contributed by atoms with Gasteiger partial charge in [-0.2, -0.15) is 11.8 Å². The van der Waals surface area contributed by atoms with Crippen LogP contribution in [-0.4, -0.2) is 62.1 Å². The number of hydrogen-bond donors (Lipinski definition) is 2. The third-order valence-electron chi connectivity index (χ3n) is 4.17. The summed E-state index contributed by atoms with van der Waals surface area (Å²) in [6, 6.07) is 0. The number of likely N-dealkylation sites (tertiary alicyclic amines) is 1. The second-order valence-electron chi connectivity index (χ2n) is 6.13. The second kappa shape index (κ2) is 13.1. The lowest BCUT2D eigenvalue weighted by Gasteiger charge is -2.31. The number of hydrogen-bond acceptors (Lipinski definition) is 3. The van der Waals surface area contributed by atoms with Crippen LogP contribution in [0, 0.1) is 5.92 Å². The van der Waals surface area contributed by atoms with Crippen LogP contribution < -0.4 is 10.6 Å². The van der Waals surface area contributed by atoms with Gasteiger partial charge in [0, 0.05) is 19.6 Å². The van der Waals surface area contributed by atoms with E-state index >= 15 is 0 Å². The Bertz CT molecular complexity index is 288. The predicted octanol–water partition coefficient (Wildman–Crippen LogP) is 2.81. The first kappa shape index (κ1) is 19.6. The average Bonchev–Trinajstić information content (AvgIpc) is 2.54. The molecule has 0 aromatic heterocycles. The van der Waals surface area contributed by atoms with Crippen LogP contribution in [0.25, 0.3) is 0 Å². The lowest BCUT2D eigenvalue weighted by Crippen LogP contribution is -2.39. The van der Waals surface area contributed by atoms with Crippen molar-refractivity contribution in [3.05, 3.63) is 0 Å². The first-order valence-electron chi connectivity index (χ1n) is 9.03. The maximum absolute atomic E-state index is 4.80. The second-order valence-corrected chi connectivity index (χ2v) is 7.12. The number of thioether (sulfide) groups is 1. The van der Waals surface area contributed by atoms with Gasteiger partial charge in [0.2, 0.25) is 0 Å². The third kappa shape index (κ3) is 8.89. The SMILES string of the molecule is CCCN1CCC(CN=C(NCC)NCCCCSC)CC1. The molecule has 1 aliphatic rings. The minimum absolute atomic E-state index is 0.764. The molecule has 0 aliphatic carbocycles. The van der Waals surface area contributed by atoms with E-state index in [4.69, 9.17) is 4.99 Å². The van der Waals surface area contributed by atoms with Crippen LogP contribution in [-0.2, 0) is 0 Å². The molecule has 0 radical (unpaired) electrons. The van der Waals surface area contributed by atoms with Gasteiger partial charge in [-0.15, -0.1) is 0 Å². The van der Waals surface area contributed by atoms with Gasteiger partial charge < -0.3 is 15.5 Å². The average molecular weight is 329 g/mol. The smallest absolute Gasteiger partial charge is 0.191 e. The fourth-order valence-electron chi connectivity index (χ4n) is 2.85. The maximum Gasteiger partial charge on any atom is 0.191 e. The molecule has 0 atom stereocenters. The molecular formula is C17H36N4S. The molecule has 0 amide bonds. The van der Waals surface area contributed by atoms with Crippen LogP contribution in [0.5, 0.6) is 0 Å². The van der Waals surface area contributed by atoms with E-state index in [1.54, 1.807) is 0 Å². The summed E-state index contributed by atoms with van der Waals surface area (Å²) >= 11 is 1.93. The minimum atomic E-state index is 0.764. The summed E-state index contributed by atoms with van der Waals surface area (Å²) in [5, 5.41) is 6.83. The van der Waals surface area contributed by atoms with E-state index in [2.05, 4.69) is 35.6 Å². The quantitative estimate of drug-likeness (QED) is 0.367. The van der Waals surface area contributed by atoms with Crippen LogP contribution in [0.4, 0.5) is 0 Å². The first-order valence-corrected chi connectivity index (χ1v) is 10.4. The Hall–Kier alpha value is -0.420. The molecule has 4 nitrogen and oxygen atoms in total. The Morgan fingerprint density at radius 1 is 1.18 bits per heavy atom. The van der Waals surface area contributed by atoms with E-state index < -0.39 is 0 Å². The molecule has 1 aliphatic heterocycles. The van der Waals surface area contributed by atoms with E-state index in [1.807, 2.05) is 11.8 Å². The molecule has 5 heteroatoms. The summed E-state index contributed by atoms with van der Waals surface area (Å²) in [7, 11) is 0. The molecule has 2 N–H and O–H groups in total. The summed E-state index contributed by atoms with van der Waals surface area (Å²) < 4.78 is 0. The molecule has 0 aromatic carbocycles. The van der Waals surface area contributed by atoms with E-state index in [9.17, 15) is 0 Å². The fourth-order valence-corrected chi connectivity index (χ4v) is 3.34. The molecule has 1 fully saturated rings. The monoisotopic (exact) mass is 328 g/mol. The Labute approximate surface area is 141 Å². The van der Waals surface area contributed by atoms with Crippen molar-refractivity contribution >= 4 is 17.7 Å². The highest BCUT2D eigenvalue weighted by atomic mass is 32.2. The molecule has 0 aromatic rings. The van der Waals surface area contributed by atoms with Crippen LogP contribution in [0.2, 0.25) is 0 Å². The van der Waals surface area contributed by atoms with Crippen molar-refractivity contribution in [2.45, 2.75) is 46.0 Å². The number of aliphatic imine (C=N–C) groups is 1. The zero-order valence-electron chi connectivity index (χ0n) is 14.9. The van der Waals surface area contributed by atoms with Gasteiger partial charge in [0.25, 0.3) is 0 Å². The Balaban J connectivity index is 2.24. The molecule has 1 saturated heterocycles. The van der Waals surface area contributed by atoms with Gasteiger partial charge in [-0.25, -0.2) is 0 Å². The minimum Gasteiger partial charge on any atom is -0.357 e. The van der Waals surface area contributed by atoms with Crippen molar-refractivity contribution in [2.75, 3.05) is 51.3 Å². The lowest BCUT2D eigenvalue weighted by molar-refractivity contribution is 0.188. The summed E-state index contributed by atoms with van der Waals surface area (Å²) in [6.07, 6.45) is 8.55. The summed E-state index contributed by atoms with van der Waals surface area (Å²) in [5.74, 6) is 3.02. The van der Waals surface area contributed by atoms with Gasteiger partial charge in [0.1, 0.15) is 0 Å². The van der Waals surface area contributed by atoms with E-state index in [-0.39, 0.29) is 0 Å². The summed E-state index contributed by atoms with van der Waals surface area (Å²) in [5.41, 5.74) is 0. The van der Waals surface area contributed by atoms with Crippen LogP contribution in [0.3, 0.4) is 0 Å². The highest BCUT2D eigenvalue weighted by Crippen LogP contribution is 2.17. The van der Waals surface area contributed by atoms with Gasteiger partial charge in [-0.05, 0) is 76.6 Å². The number of nitrogens with one attached hydrogen (secondary N) is 2. The zero-order valence-corrected chi connectivity index (χ0v) is 15.7. The number of piperidine rings is 1. The largest absolute Gasteiger partial charge is 0.357 e. The van der Waals surface area contributed by atoms with Gasteiger partial charge in [0.15, 0.2) is 5.96 Å². The highest BCUT2D eigenvalue weighted by molar-refractivity contribution is 7.98. The first-order chi connectivity index (χ1) is 10.8. The Morgan fingerprint density at radius 3 is 2.59 bits per heavy atom. The van der Waals surface area contributed by atoms with Crippen molar-refractivity contribution < 1.29 is 0 Å². The molecule has 130 valence electrons. The number of nitrogens with zero attached hydrogens (tertiary/aromatic N) is 2. The van der Waals surface area contributed by atoms with Crippen molar-refractivity contribution in [1.82, 2.24) is 15.5 Å². The van der Waals surface area contributed by atoms with Gasteiger partial charge in [-0.3, -0.25) is 4.99 Å². The van der Waals surface area contributed by atoms with E-state index in [1.165, 1.54) is 57.5 Å². The molecule has 22 heavy (non-hydrogen) atoms. The van der Waals surface area contributed by atoms with Crippen molar-refractivity contribution in [3.63, 3.8) is 0 Å². The van der Waals surface area contributed by atoms with Crippen LogP contribution >= 0.6 is 11.8 Å². The van der Waals surface area contributed by atoms with Crippen molar-refractivity contribution in [2.24, 2.45) is 10.9 Å². The molecular weight excluding hydrogens is 292 g/mol. The molecule has 1 rings (SSSR count). The topological polar surface area (TPSA) is 39.7 Å². The lowest BCUT2D eigenvalue weighted by atomic mass is 9.97. The molecule has 0 unspecified atom stereocenters. The molecule has 1 heterocycles. The maximum atomic E-state index is 4.80. The Kier molecular flexibility index (Phi) is 11.6. The van der Waals surface area contributed by atoms with Crippen LogP contribution in [0.15, 0.2) is 4.99 Å². The van der Waals surface area contributed by atoms with Gasteiger partial charge in [0.05, 0.1) is 0 Å². The Morgan fingerprint density at radius 2 is 1.95 bits per heavy atom. The molecule has 0 saturated carbocycles. The van der Waals surface area contributed by atoms with E-state index in [0.717, 1.165) is 31.5 Å². The van der Waals surface area contributed by atoms with Gasteiger partial charge in [-0.1, -0.05) is 6.92 Å². The van der Waals surface area contributed by atoms with Gasteiger partial charge >= 0.3 is 0 Å². The summed E-state index contributed by atoms with van der Waals surface area (Å²) in [6.45, 7) is 11.1. The molecule has 0 bridgehead atoms. The summed E-state index contributed by atoms with van der Waals surface area (Å²) in [4.78, 5) is 7.39. The standard InChI is InChI=1S/C17H36N4S/c1-4-11-21-12-8-16(9-13-21)15-20-17(18-5-2)19-10-6-7-14-22-3/h16H,4-15H2,1-3H3,(H2,18,19,20). The number of unbranched alkanes of at least 4 members (excludes halogenated alkanes) is 1. The predicted molar refractivity (Wildman–Crippen MR) is 101 cm³/mol. The third-order valence-corrected chi connectivity index (χ3v) is 4.86. The van der Waals surface area contributed by atoms with Crippen molar-refractivity contribution in [1.29, 1.82) is 0 Å². The van der Waals surface area contributed by atoms with Crippen molar-refractivity contribution in [3.8, 4) is 0 Å². The zero-order chi connectivity index (χ0) is 16.0. The fraction of sp³-hybridized carbons (Fsp3) is 0.941. The number of rotatable bonds is 10. The molecule has 0 spiro atoms. The van der Waals surface area contributed by atoms with Crippen LogP contribution in [0.1, 0.15) is 46.0 Å². The highest BCUT2D eigenvalue weighted by Gasteiger charge is 2.18. The normalized spacial score (nSPS) is 17.7.